The van der Waals surface area contributed by atoms with Crippen LogP contribution < -0.4 is 5.32 Å². The van der Waals surface area contributed by atoms with Crippen molar-refractivity contribution >= 4 is 29.9 Å². The van der Waals surface area contributed by atoms with Crippen LogP contribution in [0.25, 0.3) is 0 Å². The van der Waals surface area contributed by atoms with Crippen LogP contribution in [0.1, 0.15) is 17.4 Å². The first kappa shape index (κ1) is 17.8. The molecule has 3 heterocycles. The van der Waals surface area contributed by atoms with E-state index >= 15 is 0 Å². The molecule has 1 fully saturated rings. The fourth-order valence-corrected chi connectivity index (χ4v) is 2.56. The summed E-state index contributed by atoms with van der Waals surface area (Å²) in [6.07, 6.45) is 5.54. The van der Waals surface area contributed by atoms with Crippen LogP contribution in [-0.2, 0) is 18.3 Å². The molecule has 0 radical (unpaired) electrons. The molecule has 7 nitrogen and oxygen atoms in total. The maximum atomic E-state index is 5.86. The van der Waals surface area contributed by atoms with Gasteiger partial charge in [0.25, 0.3) is 0 Å². The van der Waals surface area contributed by atoms with Gasteiger partial charge in [0.1, 0.15) is 11.9 Å². The second-order valence-electron chi connectivity index (χ2n) is 5.23. The number of nitrogens with zero attached hydrogens (tertiary/aromatic N) is 4. The van der Waals surface area contributed by atoms with Gasteiger partial charge in [-0.05, 0) is 12.1 Å². The maximum Gasteiger partial charge on any atom is 0.194 e. The number of furan rings is 1. The van der Waals surface area contributed by atoms with Crippen molar-refractivity contribution < 1.29 is 9.15 Å². The van der Waals surface area contributed by atoms with E-state index in [-0.39, 0.29) is 30.1 Å². The normalized spacial score (nSPS) is 18.6. The summed E-state index contributed by atoms with van der Waals surface area (Å²) in [5.74, 6) is 1.74. The highest BCUT2D eigenvalue weighted by Gasteiger charge is 2.25. The van der Waals surface area contributed by atoms with E-state index in [1.54, 1.807) is 18.0 Å². The molecule has 0 saturated carbocycles. The minimum Gasteiger partial charge on any atom is -0.467 e. The van der Waals surface area contributed by atoms with E-state index in [4.69, 9.17) is 9.15 Å². The van der Waals surface area contributed by atoms with E-state index in [9.17, 15) is 0 Å². The number of hydrogen-bond acceptors (Lipinski definition) is 4. The average molecular weight is 431 g/mol. The van der Waals surface area contributed by atoms with Gasteiger partial charge in [-0.15, -0.1) is 24.0 Å². The van der Waals surface area contributed by atoms with Gasteiger partial charge >= 0.3 is 0 Å². The zero-order valence-electron chi connectivity index (χ0n) is 13.3. The Bertz CT molecular complexity index is 626. The highest BCUT2D eigenvalue weighted by molar-refractivity contribution is 14.0. The van der Waals surface area contributed by atoms with Crippen molar-refractivity contribution in [2.45, 2.75) is 12.6 Å². The molecule has 1 N–H and O–H groups in total. The largest absolute Gasteiger partial charge is 0.467 e. The molecule has 1 unspecified atom stereocenters. The van der Waals surface area contributed by atoms with Gasteiger partial charge in [-0.3, -0.25) is 9.67 Å². The molecule has 126 valence electrons. The summed E-state index contributed by atoms with van der Waals surface area (Å²) in [5, 5.41) is 7.54. The molecule has 1 aliphatic rings. The van der Waals surface area contributed by atoms with Crippen LogP contribution in [0.3, 0.4) is 0 Å². The molecular formula is C15H22IN5O2. The van der Waals surface area contributed by atoms with Crippen LogP contribution in [0.4, 0.5) is 0 Å². The Hall–Kier alpha value is -1.55. The molecule has 8 heteroatoms. The van der Waals surface area contributed by atoms with E-state index in [1.165, 1.54) is 0 Å². The Balaban J connectivity index is 0.00000192. The fraction of sp³-hybridized carbons (Fsp3) is 0.467. The van der Waals surface area contributed by atoms with E-state index < -0.39 is 0 Å². The lowest BCUT2D eigenvalue weighted by Gasteiger charge is -2.34. The van der Waals surface area contributed by atoms with Gasteiger partial charge in [-0.25, -0.2) is 0 Å². The zero-order valence-corrected chi connectivity index (χ0v) is 15.6. The Morgan fingerprint density at radius 2 is 2.39 bits per heavy atom. The molecule has 0 aliphatic carbocycles. The third-order valence-corrected chi connectivity index (χ3v) is 3.68. The standard InChI is InChI=1S/C15H21N5O2.HI/c1-16-15(17-9-13-4-3-6-21-13)20-5-7-22-14(11-20)12-8-18-19(2)10-12;/h3-4,6,8,10,14H,5,7,9,11H2,1-2H3,(H,16,17);1H. The lowest BCUT2D eigenvalue weighted by molar-refractivity contribution is -0.00807. The van der Waals surface area contributed by atoms with Gasteiger partial charge in [0.15, 0.2) is 5.96 Å². The molecule has 2 aromatic rings. The van der Waals surface area contributed by atoms with Crippen LogP contribution >= 0.6 is 24.0 Å². The molecule has 3 rings (SSSR count). The smallest absolute Gasteiger partial charge is 0.194 e. The highest BCUT2D eigenvalue weighted by atomic mass is 127. The fourth-order valence-electron chi connectivity index (χ4n) is 2.56. The van der Waals surface area contributed by atoms with Crippen molar-refractivity contribution in [1.29, 1.82) is 0 Å². The first-order valence-electron chi connectivity index (χ1n) is 7.34. The van der Waals surface area contributed by atoms with Gasteiger partial charge < -0.3 is 19.4 Å². The third-order valence-electron chi connectivity index (χ3n) is 3.68. The number of ether oxygens (including phenoxy) is 1. The summed E-state index contributed by atoms with van der Waals surface area (Å²) in [6, 6.07) is 3.82. The van der Waals surface area contributed by atoms with E-state index in [0.717, 1.165) is 30.4 Å². The van der Waals surface area contributed by atoms with Gasteiger partial charge in [-0.2, -0.15) is 5.10 Å². The molecule has 1 atom stereocenters. The molecule has 1 aliphatic heterocycles. The van der Waals surface area contributed by atoms with Crippen LogP contribution in [0.15, 0.2) is 40.2 Å². The molecule has 1 saturated heterocycles. The number of guanidine groups is 1. The first-order valence-corrected chi connectivity index (χ1v) is 7.34. The molecule has 23 heavy (non-hydrogen) atoms. The summed E-state index contributed by atoms with van der Waals surface area (Å²) < 4.78 is 13.0. The van der Waals surface area contributed by atoms with Crippen LogP contribution in [-0.4, -0.2) is 47.4 Å². The molecule has 2 aromatic heterocycles. The quantitative estimate of drug-likeness (QED) is 0.456. The first-order chi connectivity index (χ1) is 10.8. The molecule has 0 aromatic carbocycles. The molecule has 0 bridgehead atoms. The second kappa shape index (κ2) is 8.34. The summed E-state index contributed by atoms with van der Waals surface area (Å²) >= 11 is 0. The summed E-state index contributed by atoms with van der Waals surface area (Å²) in [7, 11) is 3.70. The Labute approximate surface area is 152 Å². The summed E-state index contributed by atoms with van der Waals surface area (Å²) in [5.41, 5.74) is 1.09. The topological polar surface area (TPSA) is 67.8 Å². The third kappa shape index (κ3) is 4.47. The number of halogens is 1. The summed E-state index contributed by atoms with van der Waals surface area (Å²) in [4.78, 5) is 6.56. The van der Waals surface area contributed by atoms with Gasteiger partial charge in [-0.1, -0.05) is 0 Å². The van der Waals surface area contributed by atoms with Crippen molar-refractivity contribution in [3.05, 3.63) is 42.1 Å². The Kier molecular flexibility index (Phi) is 6.46. The number of aryl methyl sites for hydroxylation is 1. The van der Waals surface area contributed by atoms with Crippen molar-refractivity contribution in [2.75, 3.05) is 26.7 Å². The van der Waals surface area contributed by atoms with Crippen LogP contribution in [0, 0.1) is 0 Å². The number of hydrogen-bond donors (Lipinski definition) is 1. The predicted octanol–water partition coefficient (Wildman–Crippen LogP) is 1.78. The van der Waals surface area contributed by atoms with E-state index in [1.807, 2.05) is 31.6 Å². The predicted molar refractivity (Wildman–Crippen MR) is 97.8 cm³/mol. The zero-order chi connectivity index (χ0) is 15.4. The number of rotatable bonds is 3. The van der Waals surface area contributed by atoms with Crippen LogP contribution in [0.2, 0.25) is 0 Å². The van der Waals surface area contributed by atoms with E-state index in [0.29, 0.717) is 13.2 Å². The Morgan fingerprint density at radius 1 is 1.52 bits per heavy atom. The second-order valence-corrected chi connectivity index (χ2v) is 5.23. The number of nitrogens with one attached hydrogen (secondary N) is 1. The maximum absolute atomic E-state index is 5.86. The van der Waals surface area contributed by atoms with Crippen molar-refractivity contribution in [2.24, 2.45) is 12.0 Å². The Morgan fingerprint density at radius 3 is 3.04 bits per heavy atom. The number of aliphatic imine (C=N–C) groups is 1. The number of morpholine rings is 1. The molecular weight excluding hydrogens is 409 g/mol. The van der Waals surface area contributed by atoms with E-state index in [2.05, 4.69) is 20.3 Å². The van der Waals surface area contributed by atoms with Gasteiger partial charge in [0.05, 0.1) is 32.2 Å². The average Bonchev–Trinajstić information content (AvgIpc) is 3.20. The lowest BCUT2D eigenvalue weighted by Crippen LogP contribution is -2.47. The lowest BCUT2D eigenvalue weighted by atomic mass is 10.1. The van der Waals surface area contributed by atoms with Crippen molar-refractivity contribution in [3.8, 4) is 0 Å². The molecule has 0 spiro atoms. The molecule has 0 amide bonds. The highest BCUT2D eigenvalue weighted by Crippen LogP contribution is 2.21. The SMILES string of the molecule is CN=C(NCc1ccco1)N1CCOC(c2cnn(C)c2)C1.I. The number of aromatic nitrogens is 2. The van der Waals surface area contributed by atoms with Crippen molar-refractivity contribution in [3.63, 3.8) is 0 Å². The van der Waals surface area contributed by atoms with Crippen LogP contribution in [0.5, 0.6) is 0 Å². The van der Waals surface area contributed by atoms with Gasteiger partial charge in [0, 0.05) is 32.4 Å². The minimum absolute atomic E-state index is 0. The monoisotopic (exact) mass is 431 g/mol. The minimum atomic E-state index is 0. The van der Waals surface area contributed by atoms with Gasteiger partial charge in [0.2, 0.25) is 0 Å². The van der Waals surface area contributed by atoms with Crippen molar-refractivity contribution in [1.82, 2.24) is 20.0 Å². The summed E-state index contributed by atoms with van der Waals surface area (Å²) in [6.45, 7) is 2.85.